The molecule has 2 nitrogen and oxygen atoms in total. The van der Waals surface area contributed by atoms with Gasteiger partial charge in [-0.2, -0.15) is 0 Å². The smallest absolute Gasteiger partial charge is 0.160 e. The fraction of sp³-hybridized carbons (Fsp3) is 0.238. The molecule has 0 aromatic heterocycles. The molecule has 0 N–H and O–H groups in total. The van der Waals surface area contributed by atoms with Crippen molar-refractivity contribution in [3.8, 4) is 11.5 Å². The van der Waals surface area contributed by atoms with E-state index < -0.39 is 0 Å². The Balaban J connectivity index is 2.03. The van der Waals surface area contributed by atoms with Crippen LogP contribution in [0.1, 0.15) is 22.3 Å². The molecule has 2 heteroatoms. The number of aryl methyl sites for hydroxylation is 2. The van der Waals surface area contributed by atoms with Crippen molar-refractivity contribution in [2.75, 3.05) is 14.2 Å². The van der Waals surface area contributed by atoms with Crippen LogP contribution in [0.5, 0.6) is 11.5 Å². The van der Waals surface area contributed by atoms with Gasteiger partial charge in [0.1, 0.15) is 0 Å². The average molecular weight is 306 g/mol. The third-order valence-corrected chi connectivity index (χ3v) is 4.43. The number of rotatable bonds is 4. The molecule has 0 heterocycles. The lowest BCUT2D eigenvalue weighted by Gasteiger charge is -2.12. The topological polar surface area (TPSA) is 18.5 Å². The Morgan fingerprint density at radius 1 is 0.783 bits per heavy atom. The molecule has 3 rings (SSSR count). The molecule has 23 heavy (non-hydrogen) atoms. The molecule has 0 aliphatic heterocycles. The number of methoxy groups -OCH3 is 2. The molecule has 0 atom stereocenters. The SMILES string of the molecule is COc1ccc(Cc2cccc3cc(C)c(C)cc23)cc1OC. The number of fused-ring (bicyclic) bond motifs is 1. The standard InChI is InChI=1S/C21H22O2/c1-14-10-17-6-5-7-18(19(17)11-15(14)2)12-16-8-9-20(22-3)21(13-16)23-4/h5-11,13H,12H2,1-4H3. The summed E-state index contributed by atoms with van der Waals surface area (Å²) in [5.74, 6) is 1.54. The van der Waals surface area contributed by atoms with Gasteiger partial charge in [0.05, 0.1) is 14.2 Å². The fourth-order valence-electron chi connectivity index (χ4n) is 2.98. The van der Waals surface area contributed by atoms with E-state index in [9.17, 15) is 0 Å². The number of hydrogen-bond acceptors (Lipinski definition) is 2. The van der Waals surface area contributed by atoms with Crippen molar-refractivity contribution in [1.82, 2.24) is 0 Å². The number of hydrogen-bond donors (Lipinski definition) is 0. The second-order valence-electron chi connectivity index (χ2n) is 5.94. The molecular weight excluding hydrogens is 284 g/mol. The first-order chi connectivity index (χ1) is 11.1. The lowest BCUT2D eigenvalue weighted by molar-refractivity contribution is 0.354. The quantitative estimate of drug-likeness (QED) is 0.670. The van der Waals surface area contributed by atoms with E-state index in [1.165, 1.54) is 33.0 Å². The summed E-state index contributed by atoms with van der Waals surface area (Å²) >= 11 is 0. The minimum atomic E-state index is 0.764. The first-order valence-corrected chi connectivity index (χ1v) is 7.82. The molecule has 0 fully saturated rings. The average Bonchev–Trinajstić information content (AvgIpc) is 2.56. The van der Waals surface area contributed by atoms with Crippen LogP contribution in [0.25, 0.3) is 10.8 Å². The van der Waals surface area contributed by atoms with Gasteiger partial charge in [-0.25, -0.2) is 0 Å². The molecule has 118 valence electrons. The van der Waals surface area contributed by atoms with Crippen LogP contribution in [0.15, 0.2) is 48.5 Å². The summed E-state index contributed by atoms with van der Waals surface area (Å²) in [6.07, 6.45) is 0.875. The maximum absolute atomic E-state index is 5.41. The molecule has 0 spiro atoms. The molecule has 0 aliphatic rings. The van der Waals surface area contributed by atoms with Gasteiger partial charge in [0, 0.05) is 0 Å². The highest BCUT2D eigenvalue weighted by atomic mass is 16.5. The van der Waals surface area contributed by atoms with Gasteiger partial charge in [-0.15, -0.1) is 0 Å². The van der Waals surface area contributed by atoms with E-state index in [2.05, 4.69) is 56.3 Å². The zero-order valence-electron chi connectivity index (χ0n) is 14.1. The van der Waals surface area contributed by atoms with E-state index in [-0.39, 0.29) is 0 Å². The summed E-state index contributed by atoms with van der Waals surface area (Å²) in [6, 6.07) is 17.2. The lowest BCUT2D eigenvalue weighted by Crippen LogP contribution is -1.95. The molecule has 0 amide bonds. The Kier molecular flexibility index (Phi) is 4.24. The van der Waals surface area contributed by atoms with E-state index in [1.54, 1.807) is 14.2 Å². The zero-order chi connectivity index (χ0) is 16.4. The van der Waals surface area contributed by atoms with E-state index >= 15 is 0 Å². The van der Waals surface area contributed by atoms with E-state index in [0.29, 0.717) is 0 Å². The van der Waals surface area contributed by atoms with Crippen LogP contribution in [0.3, 0.4) is 0 Å². The molecule has 3 aromatic rings. The second kappa shape index (κ2) is 6.33. The maximum Gasteiger partial charge on any atom is 0.160 e. The molecule has 0 saturated carbocycles. The van der Waals surface area contributed by atoms with Crippen molar-refractivity contribution in [2.45, 2.75) is 20.3 Å². The van der Waals surface area contributed by atoms with Crippen molar-refractivity contribution < 1.29 is 9.47 Å². The third kappa shape index (κ3) is 3.02. The predicted octanol–water partition coefficient (Wildman–Crippen LogP) is 5.06. The monoisotopic (exact) mass is 306 g/mol. The lowest BCUT2D eigenvalue weighted by atomic mass is 9.95. The van der Waals surface area contributed by atoms with E-state index in [0.717, 1.165) is 17.9 Å². The van der Waals surface area contributed by atoms with Gasteiger partial charge < -0.3 is 9.47 Å². The van der Waals surface area contributed by atoms with Crippen LogP contribution < -0.4 is 9.47 Å². The van der Waals surface area contributed by atoms with Gasteiger partial charge in [0.2, 0.25) is 0 Å². The molecule has 0 bridgehead atoms. The summed E-state index contributed by atoms with van der Waals surface area (Å²) in [7, 11) is 3.33. The van der Waals surface area contributed by atoms with Gasteiger partial charge in [0.15, 0.2) is 11.5 Å². The van der Waals surface area contributed by atoms with Crippen molar-refractivity contribution >= 4 is 10.8 Å². The zero-order valence-corrected chi connectivity index (χ0v) is 14.1. The molecule has 0 radical (unpaired) electrons. The molecule has 0 unspecified atom stereocenters. The summed E-state index contributed by atoms with van der Waals surface area (Å²) in [6.45, 7) is 4.33. The Morgan fingerprint density at radius 3 is 2.26 bits per heavy atom. The van der Waals surface area contributed by atoms with Gasteiger partial charge >= 0.3 is 0 Å². The summed E-state index contributed by atoms with van der Waals surface area (Å²) in [5, 5.41) is 2.62. The van der Waals surface area contributed by atoms with E-state index in [1.807, 2.05) is 6.07 Å². The molecular formula is C21H22O2. The number of benzene rings is 3. The molecule has 3 aromatic carbocycles. The summed E-state index contributed by atoms with van der Waals surface area (Å²) in [4.78, 5) is 0. The fourth-order valence-corrected chi connectivity index (χ4v) is 2.98. The Morgan fingerprint density at radius 2 is 1.52 bits per heavy atom. The molecule has 0 aliphatic carbocycles. The van der Waals surface area contributed by atoms with E-state index in [4.69, 9.17) is 9.47 Å². The highest BCUT2D eigenvalue weighted by molar-refractivity contribution is 5.87. The Hall–Kier alpha value is -2.48. The van der Waals surface area contributed by atoms with Crippen LogP contribution in [0, 0.1) is 13.8 Å². The number of ether oxygens (including phenoxy) is 2. The third-order valence-electron chi connectivity index (χ3n) is 4.43. The highest BCUT2D eigenvalue weighted by Crippen LogP contribution is 2.30. The maximum atomic E-state index is 5.41. The van der Waals surface area contributed by atoms with Crippen molar-refractivity contribution in [3.63, 3.8) is 0 Å². The first kappa shape index (κ1) is 15.4. The normalized spacial score (nSPS) is 10.8. The summed E-state index contributed by atoms with van der Waals surface area (Å²) < 4.78 is 10.7. The van der Waals surface area contributed by atoms with Crippen molar-refractivity contribution in [1.29, 1.82) is 0 Å². The van der Waals surface area contributed by atoms with Gasteiger partial charge in [0.25, 0.3) is 0 Å². The minimum Gasteiger partial charge on any atom is -0.493 e. The minimum absolute atomic E-state index is 0.764. The Bertz CT molecular complexity index is 850. The predicted molar refractivity (Wildman–Crippen MR) is 95.8 cm³/mol. The van der Waals surface area contributed by atoms with Crippen molar-refractivity contribution in [2.24, 2.45) is 0 Å². The van der Waals surface area contributed by atoms with Gasteiger partial charge in [-0.3, -0.25) is 0 Å². The van der Waals surface area contributed by atoms with Gasteiger partial charge in [-0.05, 0) is 65.4 Å². The largest absolute Gasteiger partial charge is 0.493 e. The van der Waals surface area contributed by atoms with Crippen LogP contribution in [0.4, 0.5) is 0 Å². The summed E-state index contributed by atoms with van der Waals surface area (Å²) in [5.41, 5.74) is 5.21. The Labute approximate surface area is 137 Å². The second-order valence-corrected chi connectivity index (χ2v) is 5.94. The van der Waals surface area contributed by atoms with Crippen LogP contribution in [-0.2, 0) is 6.42 Å². The highest BCUT2D eigenvalue weighted by Gasteiger charge is 2.08. The first-order valence-electron chi connectivity index (χ1n) is 7.82. The van der Waals surface area contributed by atoms with Crippen LogP contribution in [-0.4, -0.2) is 14.2 Å². The van der Waals surface area contributed by atoms with Gasteiger partial charge in [-0.1, -0.05) is 36.4 Å². The molecule has 0 saturated heterocycles. The van der Waals surface area contributed by atoms with Crippen molar-refractivity contribution in [3.05, 3.63) is 70.8 Å². The van der Waals surface area contributed by atoms with Crippen LogP contribution in [0.2, 0.25) is 0 Å². The van der Waals surface area contributed by atoms with Crippen LogP contribution >= 0.6 is 0 Å².